The lowest BCUT2D eigenvalue weighted by Gasteiger charge is -2.48. The molecule has 0 radical (unpaired) electrons. The maximum atomic E-state index is 4.34. The van der Waals surface area contributed by atoms with Crippen molar-refractivity contribution in [2.24, 2.45) is 0 Å². The van der Waals surface area contributed by atoms with Crippen molar-refractivity contribution < 1.29 is 0 Å². The summed E-state index contributed by atoms with van der Waals surface area (Å²) in [6.45, 7) is 8.43. The van der Waals surface area contributed by atoms with Gasteiger partial charge >= 0.3 is 0 Å². The molecule has 0 aromatic carbocycles. The standard InChI is InChI=1S/C15H22N8/c1-2-16-15(17-3-1)22-9-7-21(8-10-22)14-12-20(13-14)6-11-23-18-4-5-19-23/h1-5,14H,6-13H2. The fourth-order valence-corrected chi connectivity index (χ4v) is 3.29. The lowest BCUT2D eigenvalue weighted by atomic mass is 10.1. The van der Waals surface area contributed by atoms with Crippen LogP contribution in [0.15, 0.2) is 30.9 Å². The van der Waals surface area contributed by atoms with E-state index >= 15 is 0 Å². The van der Waals surface area contributed by atoms with Crippen LogP contribution in [0.4, 0.5) is 5.95 Å². The molecular weight excluding hydrogens is 292 g/mol. The van der Waals surface area contributed by atoms with Gasteiger partial charge in [-0.25, -0.2) is 9.97 Å². The van der Waals surface area contributed by atoms with Gasteiger partial charge in [-0.1, -0.05) is 0 Å². The molecule has 0 N–H and O–H groups in total. The van der Waals surface area contributed by atoms with Gasteiger partial charge in [0.25, 0.3) is 0 Å². The highest BCUT2D eigenvalue weighted by molar-refractivity contribution is 5.29. The van der Waals surface area contributed by atoms with Crippen LogP contribution in [-0.4, -0.2) is 86.6 Å². The van der Waals surface area contributed by atoms with Gasteiger partial charge in [0, 0.05) is 64.2 Å². The van der Waals surface area contributed by atoms with E-state index in [2.05, 4.69) is 34.9 Å². The van der Waals surface area contributed by atoms with Crippen molar-refractivity contribution in [3.63, 3.8) is 0 Å². The molecule has 0 atom stereocenters. The monoisotopic (exact) mass is 314 g/mol. The summed E-state index contributed by atoms with van der Waals surface area (Å²) in [4.78, 5) is 17.8. The van der Waals surface area contributed by atoms with Crippen molar-refractivity contribution >= 4 is 5.95 Å². The third-order valence-corrected chi connectivity index (χ3v) is 4.69. The normalized spacial score (nSPS) is 20.6. The van der Waals surface area contributed by atoms with Crippen molar-refractivity contribution in [1.82, 2.24) is 34.8 Å². The van der Waals surface area contributed by atoms with Gasteiger partial charge in [0.15, 0.2) is 0 Å². The summed E-state index contributed by atoms with van der Waals surface area (Å²) in [5.74, 6) is 0.856. The van der Waals surface area contributed by atoms with Crippen molar-refractivity contribution in [2.45, 2.75) is 12.6 Å². The molecule has 2 aliphatic heterocycles. The summed E-state index contributed by atoms with van der Waals surface area (Å²) in [7, 11) is 0. The van der Waals surface area contributed by atoms with Crippen LogP contribution in [0, 0.1) is 0 Å². The SMILES string of the molecule is c1cnc(N2CCN(C3CN(CCn4nccn4)C3)CC2)nc1. The van der Waals surface area contributed by atoms with Crippen LogP contribution in [0.5, 0.6) is 0 Å². The summed E-state index contributed by atoms with van der Waals surface area (Å²) in [5, 5.41) is 8.29. The summed E-state index contributed by atoms with van der Waals surface area (Å²) in [5.41, 5.74) is 0. The third-order valence-electron chi connectivity index (χ3n) is 4.69. The number of hydrogen-bond acceptors (Lipinski definition) is 7. The third kappa shape index (κ3) is 3.32. The van der Waals surface area contributed by atoms with Gasteiger partial charge in [0.2, 0.25) is 5.95 Å². The molecule has 2 fully saturated rings. The number of likely N-dealkylation sites (tertiary alicyclic amines) is 1. The summed E-state index contributed by atoms with van der Waals surface area (Å²) < 4.78 is 0. The van der Waals surface area contributed by atoms with Crippen molar-refractivity contribution in [3.05, 3.63) is 30.9 Å². The second-order valence-corrected chi connectivity index (χ2v) is 6.11. The zero-order valence-corrected chi connectivity index (χ0v) is 13.2. The molecule has 2 saturated heterocycles. The quantitative estimate of drug-likeness (QED) is 0.742. The molecule has 0 bridgehead atoms. The number of aromatic nitrogens is 5. The van der Waals surface area contributed by atoms with Crippen LogP contribution in [0.2, 0.25) is 0 Å². The van der Waals surface area contributed by atoms with Crippen LogP contribution < -0.4 is 4.90 Å². The molecule has 0 saturated carbocycles. The molecule has 23 heavy (non-hydrogen) atoms. The first-order chi connectivity index (χ1) is 11.4. The molecule has 0 amide bonds. The van der Waals surface area contributed by atoms with Gasteiger partial charge in [-0.15, -0.1) is 0 Å². The Morgan fingerprint density at radius 1 is 0.870 bits per heavy atom. The van der Waals surface area contributed by atoms with Crippen LogP contribution >= 0.6 is 0 Å². The second kappa shape index (κ2) is 6.59. The highest BCUT2D eigenvalue weighted by atomic mass is 15.5. The Balaban J connectivity index is 1.19. The van der Waals surface area contributed by atoms with E-state index in [1.165, 1.54) is 0 Å². The molecular formula is C15H22N8. The van der Waals surface area contributed by atoms with E-state index in [1.54, 1.807) is 17.2 Å². The topological polar surface area (TPSA) is 66.2 Å². The molecule has 8 nitrogen and oxygen atoms in total. The Kier molecular flexibility index (Phi) is 4.16. The van der Waals surface area contributed by atoms with Crippen molar-refractivity contribution in [1.29, 1.82) is 0 Å². The van der Waals surface area contributed by atoms with E-state index in [4.69, 9.17) is 0 Å². The van der Waals surface area contributed by atoms with Crippen LogP contribution in [-0.2, 0) is 6.54 Å². The fraction of sp³-hybridized carbons (Fsp3) is 0.600. The van der Waals surface area contributed by atoms with E-state index in [-0.39, 0.29) is 0 Å². The van der Waals surface area contributed by atoms with E-state index in [0.29, 0.717) is 6.04 Å². The molecule has 2 aromatic heterocycles. The number of piperazine rings is 1. The molecule has 0 unspecified atom stereocenters. The van der Waals surface area contributed by atoms with Gasteiger partial charge in [0.05, 0.1) is 18.9 Å². The van der Waals surface area contributed by atoms with E-state index in [9.17, 15) is 0 Å². The van der Waals surface area contributed by atoms with Gasteiger partial charge in [-0.2, -0.15) is 15.0 Å². The average Bonchev–Trinajstić information content (AvgIpc) is 3.08. The number of hydrogen-bond donors (Lipinski definition) is 0. The minimum atomic E-state index is 0.694. The first-order valence-electron chi connectivity index (χ1n) is 8.21. The lowest BCUT2D eigenvalue weighted by molar-refractivity contribution is 0.0274. The summed E-state index contributed by atoms with van der Waals surface area (Å²) >= 11 is 0. The van der Waals surface area contributed by atoms with Gasteiger partial charge in [0.1, 0.15) is 0 Å². The lowest BCUT2D eigenvalue weighted by Crippen LogP contribution is -2.63. The van der Waals surface area contributed by atoms with E-state index in [0.717, 1.165) is 58.3 Å². The maximum absolute atomic E-state index is 4.34. The zero-order valence-electron chi connectivity index (χ0n) is 13.2. The van der Waals surface area contributed by atoms with Crippen LogP contribution in [0.25, 0.3) is 0 Å². The maximum Gasteiger partial charge on any atom is 0.225 e. The molecule has 0 aliphatic carbocycles. The minimum Gasteiger partial charge on any atom is -0.338 e. The summed E-state index contributed by atoms with van der Waals surface area (Å²) in [6.07, 6.45) is 7.09. The first kappa shape index (κ1) is 14.5. The Morgan fingerprint density at radius 3 is 2.26 bits per heavy atom. The average molecular weight is 314 g/mol. The molecule has 8 heteroatoms. The molecule has 2 aromatic rings. The van der Waals surface area contributed by atoms with Crippen LogP contribution in [0.3, 0.4) is 0 Å². The molecule has 122 valence electrons. The molecule has 0 spiro atoms. The highest BCUT2D eigenvalue weighted by Crippen LogP contribution is 2.18. The second-order valence-electron chi connectivity index (χ2n) is 6.11. The highest BCUT2D eigenvalue weighted by Gasteiger charge is 2.33. The van der Waals surface area contributed by atoms with Gasteiger partial charge < -0.3 is 4.90 Å². The summed E-state index contributed by atoms with van der Waals surface area (Å²) in [6, 6.07) is 2.56. The molecule has 2 aliphatic rings. The predicted molar refractivity (Wildman–Crippen MR) is 86.1 cm³/mol. The Hall–Kier alpha value is -2.06. The zero-order chi connectivity index (χ0) is 15.5. The van der Waals surface area contributed by atoms with Gasteiger partial charge in [-0.3, -0.25) is 9.80 Å². The fourth-order valence-electron chi connectivity index (χ4n) is 3.29. The Labute approximate surface area is 135 Å². The van der Waals surface area contributed by atoms with E-state index < -0.39 is 0 Å². The van der Waals surface area contributed by atoms with Gasteiger partial charge in [-0.05, 0) is 6.07 Å². The molecule has 4 rings (SSSR count). The van der Waals surface area contributed by atoms with Crippen LogP contribution in [0.1, 0.15) is 0 Å². The Bertz CT molecular complexity index is 587. The largest absolute Gasteiger partial charge is 0.338 e. The first-order valence-corrected chi connectivity index (χ1v) is 8.21. The minimum absolute atomic E-state index is 0.694. The number of anilines is 1. The number of nitrogens with zero attached hydrogens (tertiary/aromatic N) is 8. The number of rotatable bonds is 5. The predicted octanol–water partition coefficient (Wildman–Crippen LogP) is -0.425. The van der Waals surface area contributed by atoms with Crippen molar-refractivity contribution in [3.8, 4) is 0 Å². The van der Waals surface area contributed by atoms with E-state index in [1.807, 2.05) is 18.5 Å². The smallest absolute Gasteiger partial charge is 0.225 e. The van der Waals surface area contributed by atoms with Crippen molar-refractivity contribution in [2.75, 3.05) is 50.7 Å². The molecule has 4 heterocycles. The Morgan fingerprint density at radius 2 is 1.57 bits per heavy atom.